The molecule has 2 heterocycles. The number of methoxy groups -OCH3 is 1. The Morgan fingerprint density at radius 2 is 2.26 bits per heavy atom. The summed E-state index contributed by atoms with van der Waals surface area (Å²) in [5.74, 6) is -0.420. The minimum absolute atomic E-state index is 0.182. The highest BCUT2D eigenvalue weighted by atomic mass is 32.1. The van der Waals surface area contributed by atoms with Crippen molar-refractivity contribution >= 4 is 27.5 Å². The maximum atomic E-state index is 12.4. The van der Waals surface area contributed by atoms with Gasteiger partial charge in [0, 0.05) is 4.88 Å². The monoisotopic (exact) mass is 280 g/mol. The molecule has 0 saturated heterocycles. The number of aromatic nitrogens is 2. The Balaban J connectivity index is 2.58. The third kappa shape index (κ3) is 2.40. The summed E-state index contributed by atoms with van der Waals surface area (Å²) in [6.07, 6.45) is 2.80. The Bertz CT molecular complexity index is 659. The molecule has 0 fully saturated rings. The summed E-state index contributed by atoms with van der Waals surface area (Å²) in [6.45, 7) is 3.87. The summed E-state index contributed by atoms with van der Waals surface area (Å²) in [6, 6.07) is 1.25. The van der Waals surface area contributed by atoms with Crippen LogP contribution in [0.25, 0.3) is 10.2 Å². The van der Waals surface area contributed by atoms with Crippen LogP contribution in [0.1, 0.15) is 31.2 Å². The Kier molecular flexibility index (Phi) is 3.99. The summed E-state index contributed by atoms with van der Waals surface area (Å²) >= 11 is 1.51. The standard InChI is InChI=1S/C13H16N2O3S/c1-4-8-6-9-11(19-8)14-7-15(12(9)16)10(5-2)13(17)18-3/h6-7,10H,4-5H2,1-3H3/t10-/m1/s1. The zero-order valence-corrected chi connectivity index (χ0v) is 12.0. The molecule has 1 atom stereocenters. The van der Waals surface area contributed by atoms with Gasteiger partial charge in [0.25, 0.3) is 5.56 Å². The lowest BCUT2D eigenvalue weighted by Crippen LogP contribution is -2.30. The SMILES string of the molecule is CCc1cc2c(=O)n([C@H](CC)C(=O)OC)cnc2s1. The molecule has 0 aliphatic rings. The summed E-state index contributed by atoms with van der Waals surface area (Å²) in [4.78, 5) is 30.2. The largest absolute Gasteiger partial charge is 0.467 e. The number of hydrogen-bond donors (Lipinski definition) is 0. The first kappa shape index (κ1) is 13.7. The van der Waals surface area contributed by atoms with Crippen molar-refractivity contribution < 1.29 is 9.53 Å². The van der Waals surface area contributed by atoms with E-state index in [1.165, 1.54) is 29.3 Å². The van der Waals surface area contributed by atoms with Crippen LogP contribution >= 0.6 is 11.3 Å². The molecule has 6 heteroatoms. The van der Waals surface area contributed by atoms with Crippen molar-refractivity contribution in [2.24, 2.45) is 0 Å². The topological polar surface area (TPSA) is 61.2 Å². The molecule has 0 radical (unpaired) electrons. The number of rotatable bonds is 4. The molecule has 19 heavy (non-hydrogen) atoms. The van der Waals surface area contributed by atoms with E-state index in [4.69, 9.17) is 4.74 Å². The molecule has 2 aromatic heterocycles. The van der Waals surface area contributed by atoms with E-state index in [1.54, 1.807) is 0 Å². The molecule has 5 nitrogen and oxygen atoms in total. The first-order valence-corrected chi connectivity index (χ1v) is 7.01. The minimum atomic E-state index is -0.612. The number of esters is 1. The van der Waals surface area contributed by atoms with Gasteiger partial charge in [-0.3, -0.25) is 9.36 Å². The van der Waals surface area contributed by atoms with Crippen molar-refractivity contribution in [3.8, 4) is 0 Å². The molecule has 0 amide bonds. The second kappa shape index (κ2) is 5.52. The number of nitrogens with zero attached hydrogens (tertiary/aromatic N) is 2. The molecule has 2 rings (SSSR count). The molecule has 0 bridgehead atoms. The first-order valence-electron chi connectivity index (χ1n) is 6.19. The van der Waals surface area contributed by atoms with Crippen LogP contribution in [0.4, 0.5) is 0 Å². The van der Waals surface area contributed by atoms with Crippen LogP contribution in [0.2, 0.25) is 0 Å². The Morgan fingerprint density at radius 3 is 2.84 bits per heavy atom. The van der Waals surface area contributed by atoms with E-state index in [-0.39, 0.29) is 5.56 Å². The van der Waals surface area contributed by atoms with Crippen molar-refractivity contribution in [1.82, 2.24) is 9.55 Å². The fourth-order valence-electron chi connectivity index (χ4n) is 2.00. The highest BCUT2D eigenvalue weighted by Gasteiger charge is 2.21. The average molecular weight is 280 g/mol. The molecule has 0 aromatic carbocycles. The van der Waals surface area contributed by atoms with Crippen LogP contribution in [0.5, 0.6) is 0 Å². The van der Waals surface area contributed by atoms with Gasteiger partial charge in [-0.05, 0) is 18.9 Å². The molecule has 0 N–H and O–H groups in total. The second-order valence-corrected chi connectivity index (χ2v) is 5.30. The molecular weight excluding hydrogens is 264 g/mol. The number of ether oxygens (including phenoxy) is 1. The van der Waals surface area contributed by atoms with Crippen LogP contribution in [-0.4, -0.2) is 22.6 Å². The molecular formula is C13H16N2O3S. The fraction of sp³-hybridized carbons (Fsp3) is 0.462. The maximum Gasteiger partial charge on any atom is 0.329 e. The Morgan fingerprint density at radius 1 is 1.53 bits per heavy atom. The van der Waals surface area contributed by atoms with Crippen LogP contribution in [0.15, 0.2) is 17.2 Å². The van der Waals surface area contributed by atoms with Gasteiger partial charge in [0.1, 0.15) is 10.9 Å². The van der Waals surface area contributed by atoms with Gasteiger partial charge in [0.15, 0.2) is 0 Å². The van der Waals surface area contributed by atoms with E-state index in [0.717, 1.165) is 16.1 Å². The normalized spacial score (nSPS) is 12.6. The van der Waals surface area contributed by atoms with E-state index in [2.05, 4.69) is 4.98 Å². The highest BCUT2D eigenvalue weighted by Crippen LogP contribution is 2.22. The predicted molar refractivity (Wildman–Crippen MR) is 74.6 cm³/mol. The molecule has 0 spiro atoms. The van der Waals surface area contributed by atoms with Gasteiger partial charge in [-0.2, -0.15) is 0 Å². The quantitative estimate of drug-likeness (QED) is 0.805. The van der Waals surface area contributed by atoms with E-state index in [9.17, 15) is 9.59 Å². The van der Waals surface area contributed by atoms with Gasteiger partial charge in [-0.15, -0.1) is 11.3 Å². The lowest BCUT2D eigenvalue weighted by Gasteiger charge is -2.14. The van der Waals surface area contributed by atoms with Gasteiger partial charge in [0.05, 0.1) is 18.8 Å². The Hall–Kier alpha value is -1.69. The number of thiophene rings is 1. The summed E-state index contributed by atoms with van der Waals surface area (Å²) in [5, 5.41) is 0.576. The maximum absolute atomic E-state index is 12.4. The third-order valence-corrected chi connectivity index (χ3v) is 4.26. The summed E-state index contributed by atoms with van der Waals surface area (Å²) < 4.78 is 6.09. The lowest BCUT2D eigenvalue weighted by atomic mass is 10.2. The average Bonchev–Trinajstić information content (AvgIpc) is 2.85. The summed E-state index contributed by atoms with van der Waals surface area (Å²) in [5.41, 5.74) is -0.182. The smallest absolute Gasteiger partial charge is 0.329 e. The zero-order chi connectivity index (χ0) is 14.0. The number of hydrogen-bond acceptors (Lipinski definition) is 5. The minimum Gasteiger partial charge on any atom is -0.467 e. The van der Waals surface area contributed by atoms with Crippen molar-refractivity contribution in [3.05, 3.63) is 27.6 Å². The zero-order valence-electron chi connectivity index (χ0n) is 11.2. The van der Waals surface area contributed by atoms with Crippen molar-refractivity contribution in [1.29, 1.82) is 0 Å². The fourth-order valence-corrected chi connectivity index (χ4v) is 2.92. The van der Waals surface area contributed by atoms with Gasteiger partial charge in [-0.1, -0.05) is 13.8 Å². The molecule has 0 aliphatic heterocycles. The Labute approximate surface area is 114 Å². The second-order valence-electron chi connectivity index (χ2n) is 4.19. The van der Waals surface area contributed by atoms with Crippen molar-refractivity contribution in [2.45, 2.75) is 32.7 Å². The van der Waals surface area contributed by atoms with Crippen LogP contribution < -0.4 is 5.56 Å². The number of fused-ring (bicyclic) bond motifs is 1. The van der Waals surface area contributed by atoms with Gasteiger partial charge < -0.3 is 4.74 Å². The van der Waals surface area contributed by atoms with E-state index in [0.29, 0.717) is 11.8 Å². The molecule has 0 saturated carbocycles. The molecule has 2 aromatic rings. The number of carbonyl (C=O) groups excluding carboxylic acids is 1. The number of aryl methyl sites for hydroxylation is 1. The first-order chi connectivity index (χ1) is 9.12. The van der Waals surface area contributed by atoms with Crippen molar-refractivity contribution in [2.75, 3.05) is 7.11 Å². The molecule has 0 aliphatic carbocycles. The third-order valence-electron chi connectivity index (χ3n) is 3.07. The van der Waals surface area contributed by atoms with Crippen molar-refractivity contribution in [3.63, 3.8) is 0 Å². The number of carbonyl (C=O) groups is 1. The van der Waals surface area contributed by atoms with Crippen LogP contribution in [0.3, 0.4) is 0 Å². The van der Waals surface area contributed by atoms with E-state index < -0.39 is 12.0 Å². The highest BCUT2D eigenvalue weighted by molar-refractivity contribution is 7.18. The molecule has 0 unspecified atom stereocenters. The molecule has 102 valence electrons. The summed E-state index contributed by atoms with van der Waals surface area (Å²) in [7, 11) is 1.32. The van der Waals surface area contributed by atoms with E-state index in [1.807, 2.05) is 19.9 Å². The van der Waals surface area contributed by atoms with Crippen LogP contribution in [0, 0.1) is 0 Å². The van der Waals surface area contributed by atoms with Crippen LogP contribution in [-0.2, 0) is 16.0 Å². The van der Waals surface area contributed by atoms with Gasteiger partial charge in [0.2, 0.25) is 0 Å². The van der Waals surface area contributed by atoms with E-state index >= 15 is 0 Å². The predicted octanol–water partition coefficient (Wildman–Crippen LogP) is 2.14. The van der Waals surface area contributed by atoms with Gasteiger partial charge in [-0.25, -0.2) is 9.78 Å². The lowest BCUT2D eigenvalue weighted by molar-refractivity contribution is -0.144. The van der Waals surface area contributed by atoms with Gasteiger partial charge >= 0.3 is 5.97 Å².